The molecule has 0 fully saturated rings. The lowest BCUT2D eigenvalue weighted by Crippen LogP contribution is -2.44. The Hall–Kier alpha value is -3.83. The third kappa shape index (κ3) is 8.14. The van der Waals surface area contributed by atoms with E-state index >= 15 is 0 Å². The molecule has 0 saturated heterocycles. The summed E-state index contributed by atoms with van der Waals surface area (Å²) in [6.45, 7) is 9.59. The van der Waals surface area contributed by atoms with Crippen molar-refractivity contribution in [1.82, 2.24) is 4.98 Å². The lowest BCUT2D eigenvalue weighted by molar-refractivity contribution is -0.274. The minimum absolute atomic E-state index is 0.121. The topological polar surface area (TPSA) is 104 Å². The smallest absolute Gasteiger partial charge is 0.465 e. The van der Waals surface area contributed by atoms with E-state index < -0.39 is 41.5 Å². The fourth-order valence-electron chi connectivity index (χ4n) is 2.79. The minimum atomic E-state index is -4.87. The number of ether oxygens (including phenoxy) is 4. The Morgan fingerprint density at radius 3 is 1.78 bits per heavy atom. The van der Waals surface area contributed by atoms with Gasteiger partial charge in [0.1, 0.15) is 22.8 Å². The molecule has 0 bridgehead atoms. The van der Waals surface area contributed by atoms with Gasteiger partial charge in [0, 0.05) is 11.8 Å². The van der Waals surface area contributed by atoms with Gasteiger partial charge in [-0.15, -0.1) is 13.2 Å². The standard InChI is InChI=1S/C24H27F3N2O7/c1-22(2,3)35-20(31)29(21(32)36-23(4,5)6)18-12-16(19(30)33-7)17(13-28-18)14-8-10-15(11-9-14)34-24(25,26)27/h8-13H,1-7H3. The van der Waals surface area contributed by atoms with E-state index in [1.807, 2.05) is 0 Å². The van der Waals surface area contributed by atoms with Crippen molar-refractivity contribution in [3.8, 4) is 16.9 Å². The molecule has 0 N–H and O–H groups in total. The number of aromatic nitrogens is 1. The summed E-state index contributed by atoms with van der Waals surface area (Å²) in [5.74, 6) is -1.60. The maximum absolute atomic E-state index is 12.9. The predicted octanol–water partition coefficient (Wildman–Crippen LogP) is 6.11. The van der Waals surface area contributed by atoms with Crippen LogP contribution in [0.2, 0.25) is 0 Å². The highest BCUT2D eigenvalue weighted by Gasteiger charge is 2.35. The van der Waals surface area contributed by atoms with Crippen LogP contribution in [0.5, 0.6) is 5.75 Å². The zero-order valence-electron chi connectivity index (χ0n) is 20.9. The summed E-state index contributed by atoms with van der Waals surface area (Å²) in [4.78, 5) is 43.0. The molecule has 36 heavy (non-hydrogen) atoms. The highest BCUT2D eigenvalue weighted by molar-refractivity contribution is 6.10. The van der Waals surface area contributed by atoms with E-state index in [0.29, 0.717) is 10.5 Å². The first-order valence-electron chi connectivity index (χ1n) is 10.6. The molecule has 9 nitrogen and oxygen atoms in total. The van der Waals surface area contributed by atoms with Gasteiger partial charge in [0.15, 0.2) is 0 Å². The van der Waals surface area contributed by atoms with E-state index in [1.54, 1.807) is 41.5 Å². The van der Waals surface area contributed by atoms with Crippen molar-refractivity contribution in [2.24, 2.45) is 0 Å². The number of nitrogens with zero attached hydrogens (tertiary/aromatic N) is 2. The summed E-state index contributed by atoms with van der Waals surface area (Å²) in [5, 5.41) is 0. The van der Waals surface area contributed by atoms with Gasteiger partial charge < -0.3 is 18.9 Å². The van der Waals surface area contributed by atoms with Crippen LogP contribution in [0, 0.1) is 0 Å². The Balaban J connectivity index is 2.58. The summed E-state index contributed by atoms with van der Waals surface area (Å²) in [7, 11) is 1.12. The van der Waals surface area contributed by atoms with E-state index in [1.165, 1.54) is 18.3 Å². The maximum Gasteiger partial charge on any atom is 0.573 e. The second-order valence-electron chi connectivity index (χ2n) is 9.45. The minimum Gasteiger partial charge on any atom is -0.465 e. The van der Waals surface area contributed by atoms with Crippen molar-refractivity contribution in [1.29, 1.82) is 0 Å². The number of hydrogen-bond acceptors (Lipinski definition) is 8. The van der Waals surface area contributed by atoms with Gasteiger partial charge in [-0.1, -0.05) is 12.1 Å². The number of pyridine rings is 1. The molecule has 0 aliphatic heterocycles. The molecule has 196 valence electrons. The molecular formula is C24H27F3N2O7. The molecule has 0 atom stereocenters. The van der Waals surface area contributed by atoms with Gasteiger partial charge in [0.05, 0.1) is 12.7 Å². The van der Waals surface area contributed by atoms with Crippen molar-refractivity contribution < 1.29 is 46.5 Å². The van der Waals surface area contributed by atoms with Crippen LogP contribution in [-0.2, 0) is 14.2 Å². The second kappa shape index (κ2) is 10.4. The molecule has 0 spiro atoms. The number of esters is 1. The molecule has 1 aromatic carbocycles. The Kier molecular flexibility index (Phi) is 8.23. The van der Waals surface area contributed by atoms with Crippen molar-refractivity contribution in [3.05, 3.63) is 42.1 Å². The zero-order chi connectivity index (χ0) is 27.5. The predicted molar refractivity (Wildman–Crippen MR) is 123 cm³/mol. The van der Waals surface area contributed by atoms with Crippen LogP contribution in [-0.4, -0.2) is 47.8 Å². The number of benzene rings is 1. The fraction of sp³-hybridized carbons (Fsp3) is 0.417. The van der Waals surface area contributed by atoms with Crippen LogP contribution in [0.3, 0.4) is 0 Å². The Bertz CT molecular complexity index is 1090. The third-order valence-electron chi connectivity index (χ3n) is 4.07. The summed E-state index contributed by atoms with van der Waals surface area (Å²) >= 11 is 0. The number of carbonyl (C=O) groups excluding carboxylic acids is 3. The van der Waals surface area contributed by atoms with Crippen LogP contribution in [0.4, 0.5) is 28.6 Å². The molecule has 0 aliphatic carbocycles. The molecule has 2 aromatic rings. The molecule has 1 heterocycles. The van der Waals surface area contributed by atoms with Gasteiger partial charge in [-0.05, 0) is 65.3 Å². The average molecular weight is 512 g/mol. The molecule has 0 aliphatic rings. The van der Waals surface area contributed by atoms with E-state index in [-0.39, 0.29) is 16.9 Å². The van der Waals surface area contributed by atoms with Crippen LogP contribution >= 0.6 is 0 Å². The number of carbonyl (C=O) groups is 3. The SMILES string of the molecule is COC(=O)c1cc(N(C(=O)OC(C)(C)C)C(=O)OC(C)(C)C)ncc1-c1ccc(OC(F)(F)F)cc1. The van der Waals surface area contributed by atoms with E-state index in [2.05, 4.69) is 9.72 Å². The first-order valence-corrected chi connectivity index (χ1v) is 10.6. The van der Waals surface area contributed by atoms with Crippen LogP contribution < -0.4 is 9.64 Å². The number of alkyl halides is 3. The van der Waals surface area contributed by atoms with E-state index in [9.17, 15) is 27.6 Å². The number of rotatable bonds is 4. The van der Waals surface area contributed by atoms with Crippen molar-refractivity contribution in [2.75, 3.05) is 12.0 Å². The number of imide groups is 1. The lowest BCUT2D eigenvalue weighted by Gasteiger charge is -2.28. The first-order chi connectivity index (χ1) is 16.4. The van der Waals surface area contributed by atoms with Crippen molar-refractivity contribution in [2.45, 2.75) is 59.1 Å². The molecule has 12 heteroatoms. The summed E-state index contributed by atoms with van der Waals surface area (Å²) < 4.78 is 56.7. The average Bonchev–Trinajstić information content (AvgIpc) is 2.70. The highest BCUT2D eigenvalue weighted by Crippen LogP contribution is 2.31. The van der Waals surface area contributed by atoms with Gasteiger partial charge in [0.25, 0.3) is 0 Å². The van der Waals surface area contributed by atoms with Crippen molar-refractivity contribution in [3.63, 3.8) is 0 Å². The number of amides is 2. The lowest BCUT2D eigenvalue weighted by atomic mass is 10.0. The Morgan fingerprint density at radius 2 is 1.36 bits per heavy atom. The van der Waals surface area contributed by atoms with Crippen molar-refractivity contribution >= 4 is 24.0 Å². The van der Waals surface area contributed by atoms with E-state index in [4.69, 9.17) is 14.2 Å². The molecule has 2 rings (SSSR count). The van der Waals surface area contributed by atoms with Crippen LogP contribution in [0.1, 0.15) is 51.9 Å². The van der Waals surface area contributed by atoms with Gasteiger partial charge in [-0.25, -0.2) is 19.4 Å². The van der Waals surface area contributed by atoms with Gasteiger partial charge in [0.2, 0.25) is 0 Å². The first kappa shape index (κ1) is 28.4. The molecule has 0 saturated carbocycles. The van der Waals surface area contributed by atoms with Gasteiger partial charge in [-0.3, -0.25) is 0 Å². The Morgan fingerprint density at radius 1 is 0.861 bits per heavy atom. The molecule has 1 aromatic heterocycles. The zero-order valence-corrected chi connectivity index (χ0v) is 20.9. The quantitative estimate of drug-likeness (QED) is 0.357. The third-order valence-corrected chi connectivity index (χ3v) is 4.07. The maximum atomic E-state index is 12.9. The second-order valence-corrected chi connectivity index (χ2v) is 9.45. The molecule has 2 amide bonds. The number of methoxy groups -OCH3 is 1. The number of hydrogen-bond donors (Lipinski definition) is 0. The normalized spacial score (nSPS) is 11.9. The van der Waals surface area contributed by atoms with Crippen LogP contribution in [0.25, 0.3) is 11.1 Å². The number of halogens is 3. The monoisotopic (exact) mass is 512 g/mol. The van der Waals surface area contributed by atoms with Crippen LogP contribution in [0.15, 0.2) is 36.5 Å². The van der Waals surface area contributed by atoms with Gasteiger partial charge in [-0.2, -0.15) is 4.90 Å². The number of anilines is 1. The summed E-state index contributed by atoms with van der Waals surface area (Å²) in [6, 6.07) is 5.81. The highest BCUT2D eigenvalue weighted by atomic mass is 19.4. The summed E-state index contributed by atoms with van der Waals surface area (Å²) in [5.41, 5.74) is -1.60. The fourth-order valence-corrected chi connectivity index (χ4v) is 2.79. The van der Waals surface area contributed by atoms with Gasteiger partial charge >= 0.3 is 24.5 Å². The largest absolute Gasteiger partial charge is 0.573 e. The Labute approximate surface area is 206 Å². The summed E-state index contributed by atoms with van der Waals surface area (Å²) in [6.07, 6.45) is -5.89. The molecular weight excluding hydrogens is 485 g/mol. The molecule has 0 unspecified atom stereocenters. The van der Waals surface area contributed by atoms with E-state index in [0.717, 1.165) is 25.3 Å². The molecule has 0 radical (unpaired) electrons.